The smallest absolute Gasteiger partial charge is 0.335 e. The zero-order chi connectivity index (χ0) is 12.8. The van der Waals surface area contributed by atoms with Crippen molar-refractivity contribution in [1.29, 1.82) is 0 Å². The minimum atomic E-state index is -1.13. The molecule has 0 fully saturated rings. The first kappa shape index (κ1) is 12.3. The van der Waals surface area contributed by atoms with Crippen LogP contribution in [0, 0.1) is 0 Å². The molecule has 3 N–H and O–H groups in total. The summed E-state index contributed by atoms with van der Waals surface area (Å²) in [6, 6.07) is 3.92. The van der Waals surface area contributed by atoms with E-state index in [0.29, 0.717) is 5.69 Å². The first-order chi connectivity index (χ1) is 8.04. The third-order valence-electron chi connectivity index (χ3n) is 1.77. The Kier molecular flexibility index (Phi) is 3.91. The van der Waals surface area contributed by atoms with Gasteiger partial charge in [-0.15, -0.1) is 0 Å². The second kappa shape index (κ2) is 5.38. The average Bonchev–Trinajstić information content (AvgIpc) is 2.27. The second-order valence-corrected chi connectivity index (χ2v) is 3.03. The number of aromatic carboxylic acids is 1. The molecule has 0 unspecified atom stereocenters. The average molecular weight is 235 g/mol. The Bertz CT molecular complexity index is 507. The number of carbonyl (C=O) groups excluding carboxylic acids is 1. The van der Waals surface area contributed by atoms with Crippen molar-refractivity contribution < 1.29 is 14.7 Å². The number of nitrogens with one attached hydrogen (secondary N) is 2. The Balaban J connectivity index is 3.08. The van der Waals surface area contributed by atoms with Gasteiger partial charge in [0.25, 0.3) is 0 Å². The predicted molar refractivity (Wildman–Crippen MR) is 59.6 cm³/mol. The summed E-state index contributed by atoms with van der Waals surface area (Å²) < 4.78 is 0. The number of carbonyl (C=O) groups is 2. The first-order valence-corrected chi connectivity index (χ1v) is 4.49. The van der Waals surface area contributed by atoms with Crippen LogP contribution >= 0.6 is 0 Å². The topological polar surface area (TPSA) is 127 Å². The fourth-order valence-corrected chi connectivity index (χ4v) is 1.06. The highest BCUT2D eigenvalue weighted by molar-refractivity contribution is 5.90. The Morgan fingerprint density at radius 1 is 1.47 bits per heavy atom. The summed E-state index contributed by atoms with van der Waals surface area (Å²) in [6.07, 6.45) is 0. The Morgan fingerprint density at radius 3 is 2.71 bits per heavy atom. The third-order valence-corrected chi connectivity index (χ3v) is 1.77. The summed E-state index contributed by atoms with van der Waals surface area (Å²) in [5.41, 5.74) is 13.5. The number of rotatable bonds is 4. The molecular weight excluding hydrogens is 226 g/mol. The summed E-state index contributed by atoms with van der Waals surface area (Å²) in [5.74, 6) is -1.47. The lowest BCUT2D eigenvalue weighted by atomic mass is 10.2. The van der Waals surface area contributed by atoms with E-state index in [4.69, 9.17) is 10.6 Å². The molecule has 1 aromatic carbocycles. The van der Waals surface area contributed by atoms with Crippen molar-refractivity contribution in [2.45, 2.75) is 6.92 Å². The molecule has 0 bridgehead atoms. The zero-order valence-electron chi connectivity index (χ0n) is 8.84. The molecule has 17 heavy (non-hydrogen) atoms. The number of carboxylic acid groups (broad SMARTS) is 1. The molecule has 0 aliphatic rings. The number of azide groups is 1. The largest absolute Gasteiger partial charge is 0.478 e. The Morgan fingerprint density at radius 2 is 2.18 bits per heavy atom. The molecule has 88 valence electrons. The maximum Gasteiger partial charge on any atom is 0.335 e. The molecule has 0 aliphatic carbocycles. The molecule has 8 nitrogen and oxygen atoms in total. The minimum Gasteiger partial charge on any atom is -0.478 e. The van der Waals surface area contributed by atoms with Crippen LogP contribution < -0.4 is 10.9 Å². The highest BCUT2D eigenvalue weighted by atomic mass is 16.4. The van der Waals surface area contributed by atoms with Crippen molar-refractivity contribution in [2.75, 3.05) is 5.43 Å². The monoisotopic (exact) mass is 235 g/mol. The summed E-state index contributed by atoms with van der Waals surface area (Å²) >= 11 is 0. The molecule has 8 heteroatoms. The number of benzene rings is 1. The lowest BCUT2D eigenvalue weighted by Gasteiger charge is -2.09. The molecule has 0 atom stereocenters. The summed E-state index contributed by atoms with van der Waals surface area (Å²) in [4.78, 5) is 24.0. The van der Waals surface area contributed by atoms with Gasteiger partial charge in [0.2, 0.25) is 5.91 Å². The van der Waals surface area contributed by atoms with Crippen LogP contribution in [0.25, 0.3) is 10.4 Å². The van der Waals surface area contributed by atoms with Gasteiger partial charge in [-0.25, -0.2) is 4.79 Å². The van der Waals surface area contributed by atoms with Gasteiger partial charge in [-0.2, -0.15) is 0 Å². The van der Waals surface area contributed by atoms with Crippen LogP contribution in [0.15, 0.2) is 23.3 Å². The number of anilines is 1. The standard InChI is InChI=1S/C9H9N5O3/c1-5(15)11-12-7-3-2-6(9(16)17)4-8(7)13-14-10/h2-4,12H,1H3,(H,11,15)(H,16,17). The number of hydrogen-bond donors (Lipinski definition) is 3. The van der Waals surface area contributed by atoms with Gasteiger partial charge >= 0.3 is 5.97 Å². The van der Waals surface area contributed by atoms with E-state index in [1.165, 1.54) is 25.1 Å². The van der Waals surface area contributed by atoms with Crippen LogP contribution in [-0.2, 0) is 4.79 Å². The van der Waals surface area contributed by atoms with Gasteiger partial charge in [0.15, 0.2) is 0 Å². The molecule has 0 saturated heterocycles. The second-order valence-electron chi connectivity index (χ2n) is 3.03. The fourth-order valence-electron chi connectivity index (χ4n) is 1.06. The maximum absolute atomic E-state index is 10.7. The van der Waals surface area contributed by atoms with Crippen molar-refractivity contribution in [3.63, 3.8) is 0 Å². The van der Waals surface area contributed by atoms with Gasteiger partial charge in [-0.05, 0) is 23.7 Å². The Labute approximate surface area is 95.8 Å². The van der Waals surface area contributed by atoms with E-state index in [1.807, 2.05) is 0 Å². The highest BCUT2D eigenvalue weighted by Crippen LogP contribution is 2.25. The predicted octanol–water partition coefficient (Wildman–Crippen LogP) is 1.79. The molecule has 0 radical (unpaired) electrons. The van der Waals surface area contributed by atoms with Crippen molar-refractivity contribution in [3.05, 3.63) is 34.2 Å². The van der Waals surface area contributed by atoms with Gasteiger partial charge in [0.1, 0.15) is 0 Å². The van der Waals surface area contributed by atoms with Crippen LogP contribution in [0.1, 0.15) is 17.3 Å². The molecule has 0 aliphatic heterocycles. The van der Waals surface area contributed by atoms with Crippen molar-refractivity contribution >= 4 is 23.3 Å². The summed E-state index contributed by atoms with van der Waals surface area (Å²) in [6.45, 7) is 1.30. The molecule has 1 rings (SSSR count). The lowest BCUT2D eigenvalue weighted by molar-refractivity contribution is -0.118. The summed E-state index contributed by atoms with van der Waals surface area (Å²) in [7, 11) is 0. The van der Waals surface area contributed by atoms with E-state index in [9.17, 15) is 9.59 Å². The van der Waals surface area contributed by atoms with Crippen molar-refractivity contribution in [1.82, 2.24) is 5.43 Å². The fraction of sp³-hybridized carbons (Fsp3) is 0.111. The number of amides is 1. The number of carboxylic acids is 1. The molecule has 0 heterocycles. The molecule has 1 amide bonds. The highest BCUT2D eigenvalue weighted by Gasteiger charge is 2.07. The van der Waals surface area contributed by atoms with Gasteiger partial charge in [0, 0.05) is 11.8 Å². The lowest BCUT2D eigenvalue weighted by Crippen LogP contribution is -2.26. The Hall–Kier alpha value is -2.73. The van der Waals surface area contributed by atoms with Crippen molar-refractivity contribution in [3.8, 4) is 0 Å². The van der Waals surface area contributed by atoms with E-state index >= 15 is 0 Å². The number of hydrazine groups is 1. The zero-order valence-corrected chi connectivity index (χ0v) is 8.84. The normalized spacial score (nSPS) is 9.00. The summed E-state index contributed by atoms with van der Waals surface area (Å²) in [5, 5.41) is 12.1. The SMILES string of the molecule is CC(=O)NNc1ccc(C(=O)O)cc1N=[N+]=[N-]. The number of hydrogen-bond acceptors (Lipinski definition) is 4. The van der Waals surface area contributed by atoms with Gasteiger partial charge in [0.05, 0.1) is 16.9 Å². The van der Waals surface area contributed by atoms with Crippen LogP contribution in [0.3, 0.4) is 0 Å². The van der Waals surface area contributed by atoms with Gasteiger partial charge in [-0.1, -0.05) is 5.11 Å². The molecular formula is C9H9N5O3. The molecule has 0 spiro atoms. The minimum absolute atomic E-state index is 0.0132. The first-order valence-electron chi connectivity index (χ1n) is 4.49. The van der Waals surface area contributed by atoms with Crippen LogP contribution in [-0.4, -0.2) is 17.0 Å². The van der Waals surface area contributed by atoms with Crippen molar-refractivity contribution in [2.24, 2.45) is 5.11 Å². The third kappa shape index (κ3) is 3.40. The van der Waals surface area contributed by atoms with E-state index < -0.39 is 5.97 Å². The van der Waals surface area contributed by atoms with Crippen LogP contribution in [0.5, 0.6) is 0 Å². The molecule has 0 saturated carbocycles. The van der Waals surface area contributed by atoms with Gasteiger partial charge < -0.3 is 5.11 Å². The maximum atomic E-state index is 10.7. The number of nitrogens with zero attached hydrogens (tertiary/aromatic N) is 3. The van der Waals surface area contributed by atoms with Crippen LogP contribution in [0.4, 0.5) is 11.4 Å². The van der Waals surface area contributed by atoms with E-state index in [0.717, 1.165) is 0 Å². The van der Waals surface area contributed by atoms with Gasteiger partial charge in [-0.3, -0.25) is 15.6 Å². The van der Waals surface area contributed by atoms with Crippen LogP contribution in [0.2, 0.25) is 0 Å². The molecule has 0 aromatic heterocycles. The quantitative estimate of drug-likeness (QED) is 0.318. The van der Waals surface area contributed by atoms with E-state index in [2.05, 4.69) is 20.9 Å². The molecule has 1 aromatic rings. The van der Waals surface area contributed by atoms with E-state index in [-0.39, 0.29) is 17.2 Å². The van der Waals surface area contributed by atoms with E-state index in [1.54, 1.807) is 0 Å².